The fourth-order valence-corrected chi connectivity index (χ4v) is 4.85. The van der Waals surface area contributed by atoms with Gasteiger partial charge in [-0.25, -0.2) is 0 Å². The summed E-state index contributed by atoms with van der Waals surface area (Å²) in [6.07, 6.45) is 5.02. The SMILES string of the molecule is Clc1ccc(Cl)c(CN2CCCc3nnc(C4=NN=C(C5CCNCC5)C4)cc32)c1. The van der Waals surface area contributed by atoms with Gasteiger partial charge in [-0.1, -0.05) is 23.2 Å². The summed E-state index contributed by atoms with van der Waals surface area (Å²) < 4.78 is 0. The Morgan fingerprint density at radius 3 is 2.80 bits per heavy atom. The second-order valence-electron chi connectivity index (χ2n) is 8.16. The molecule has 30 heavy (non-hydrogen) atoms. The van der Waals surface area contributed by atoms with Gasteiger partial charge >= 0.3 is 0 Å². The normalized spacial score (nSPS) is 19.5. The second-order valence-corrected chi connectivity index (χ2v) is 9.01. The first-order chi connectivity index (χ1) is 14.7. The van der Waals surface area contributed by atoms with Crippen molar-refractivity contribution in [2.75, 3.05) is 24.5 Å². The molecule has 1 aromatic carbocycles. The van der Waals surface area contributed by atoms with Gasteiger partial charge in [-0.3, -0.25) is 0 Å². The molecule has 5 rings (SSSR count). The van der Waals surface area contributed by atoms with Crippen molar-refractivity contribution in [3.05, 3.63) is 51.3 Å². The summed E-state index contributed by atoms with van der Waals surface area (Å²) in [6.45, 7) is 3.75. The highest BCUT2D eigenvalue weighted by Gasteiger charge is 2.27. The molecule has 0 unspecified atom stereocenters. The van der Waals surface area contributed by atoms with Crippen LogP contribution in [0.3, 0.4) is 0 Å². The van der Waals surface area contributed by atoms with Crippen LogP contribution >= 0.6 is 23.2 Å². The van der Waals surface area contributed by atoms with Gasteiger partial charge in [0.15, 0.2) is 0 Å². The number of piperidine rings is 1. The molecule has 1 saturated heterocycles. The van der Waals surface area contributed by atoms with Gasteiger partial charge in [-0.05, 0) is 68.6 Å². The van der Waals surface area contributed by atoms with E-state index in [1.54, 1.807) is 0 Å². The van der Waals surface area contributed by atoms with Crippen molar-refractivity contribution in [2.45, 2.75) is 38.6 Å². The van der Waals surface area contributed by atoms with Crippen LogP contribution in [-0.2, 0) is 13.0 Å². The standard InChI is InChI=1S/C22H24Cl2N6/c23-16-3-4-17(24)15(10-16)13-30-9-1-2-18-22(30)12-21(29-26-18)20-11-19(27-28-20)14-5-7-25-8-6-14/h3-4,10,12,14,25H,1-2,5-9,11,13H2. The summed E-state index contributed by atoms with van der Waals surface area (Å²) >= 11 is 12.6. The largest absolute Gasteiger partial charge is 0.366 e. The highest BCUT2D eigenvalue weighted by molar-refractivity contribution is 6.33. The van der Waals surface area contributed by atoms with E-state index < -0.39 is 0 Å². The molecule has 3 aliphatic heterocycles. The Bertz CT molecular complexity index is 1010. The topological polar surface area (TPSA) is 65.8 Å². The van der Waals surface area contributed by atoms with Gasteiger partial charge in [0.2, 0.25) is 0 Å². The first-order valence-electron chi connectivity index (χ1n) is 10.6. The predicted molar refractivity (Wildman–Crippen MR) is 122 cm³/mol. The molecule has 0 aliphatic carbocycles. The Balaban J connectivity index is 1.36. The maximum absolute atomic E-state index is 6.42. The molecule has 156 valence electrons. The second kappa shape index (κ2) is 8.61. The van der Waals surface area contributed by atoms with Crippen molar-refractivity contribution in [1.82, 2.24) is 15.5 Å². The van der Waals surface area contributed by atoms with Crippen LogP contribution in [0.4, 0.5) is 5.69 Å². The minimum absolute atomic E-state index is 0.527. The molecule has 1 N–H and O–H groups in total. The molecule has 0 amide bonds. The average molecular weight is 443 g/mol. The van der Waals surface area contributed by atoms with Gasteiger partial charge in [0.25, 0.3) is 0 Å². The summed E-state index contributed by atoms with van der Waals surface area (Å²) in [7, 11) is 0. The highest BCUT2D eigenvalue weighted by Crippen LogP contribution is 2.31. The predicted octanol–water partition coefficient (Wildman–Crippen LogP) is 4.28. The van der Waals surface area contributed by atoms with E-state index in [-0.39, 0.29) is 0 Å². The van der Waals surface area contributed by atoms with E-state index in [2.05, 4.69) is 36.7 Å². The minimum Gasteiger partial charge on any atom is -0.366 e. The number of aromatic nitrogens is 2. The van der Waals surface area contributed by atoms with Crippen LogP contribution in [0.2, 0.25) is 10.0 Å². The molecule has 4 heterocycles. The van der Waals surface area contributed by atoms with Crippen LogP contribution in [0.1, 0.15) is 42.6 Å². The molecule has 0 spiro atoms. The van der Waals surface area contributed by atoms with Crippen LogP contribution < -0.4 is 10.2 Å². The van der Waals surface area contributed by atoms with E-state index in [0.717, 1.165) is 85.1 Å². The number of hydrogen-bond acceptors (Lipinski definition) is 6. The van der Waals surface area contributed by atoms with Gasteiger partial charge < -0.3 is 10.2 Å². The number of nitrogens with zero attached hydrogens (tertiary/aromatic N) is 5. The van der Waals surface area contributed by atoms with Crippen molar-refractivity contribution in [3.8, 4) is 0 Å². The first kappa shape index (κ1) is 19.9. The molecule has 1 fully saturated rings. The molecule has 2 aromatic rings. The third-order valence-corrected chi connectivity index (χ3v) is 6.76. The van der Waals surface area contributed by atoms with E-state index in [0.29, 0.717) is 17.5 Å². The zero-order chi connectivity index (χ0) is 20.5. The molecule has 6 nitrogen and oxygen atoms in total. The Kier molecular flexibility index (Phi) is 5.72. The number of rotatable bonds is 4. The Morgan fingerprint density at radius 1 is 1.07 bits per heavy atom. The fraction of sp³-hybridized carbons (Fsp3) is 0.455. The van der Waals surface area contributed by atoms with Crippen molar-refractivity contribution in [2.24, 2.45) is 16.1 Å². The van der Waals surface area contributed by atoms with E-state index in [4.69, 9.17) is 23.2 Å². The molecule has 1 aromatic heterocycles. The smallest absolute Gasteiger partial charge is 0.112 e. The van der Waals surface area contributed by atoms with Gasteiger partial charge in [0, 0.05) is 41.2 Å². The van der Waals surface area contributed by atoms with Crippen LogP contribution in [0, 0.1) is 5.92 Å². The van der Waals surface area contributed by atoms with E-state index in [1.807, 2.05) is 18.2 Å². The monoisotopic (exact) mass is 442 g/mol. The number of hydrogen-bond donors (Lipinski definition) is 1. The average Bonchev–Trinajstić information content (AvgIpc) is 3.27. The molecule has 0 atom stereocenters. The quantitative estimate of drug-likeness (QED) is 0.766. The van der Waals surface area contributed by atoms with E-state index >= 15 is 0 Å². The van der Waals surface area contributed by atoms with Crippen molar-refractivity contribution < 1.29 is 0 Å². The highest BCUT2D eigenvalue weighted by atomic mass is 35.5. The summed E-state index contributed by atoms with van der Waals surface area (Å²) in [6, 6.07) is 7.74. The van der Waals surface area contributed by atoms with Crippen molar-refractivity contribution >= 4 is 40.3 Å². The Labute approximate surface area is 186 Å². The lowest BCUT2D eigenvalue weighted by Crippen LogP contribution is -2.32. The van der Waals surface area contributed by atoms with Gasteiger partial charge in [-0.2, -0.15) is 15.3 Å². The van der Waals surface area contributed by atoms with Crippen molar-refractivity contribution in [1.29, 1.82) is 0 Å². The number of benzene rings is 1. The van der Waals surface area contributed by atoms with E-state index in [1.165, 1.54) is 5.71 Å². The molecule has 0 radical (unpaired) electrons. The van der Waals surface area contributed by atoms with Crippen LogP contribution in [0.15, 0.2) is 34.5 Å². The summed E-state index contributed by atoms with van der Waals surface area (Å²) in [5.41, 5.74) is 6.09. The lowest BCUT2D eigenvalue weighted by atomic mass is 9.90. The lowest BCUT2D eigenvalue weighted by Gasteiger charge is -2.31. The fourth-order valence-electron chi connectivity index (χ4n) is 4.48. The zero-order valence-corrected chi connectivity index (χ0v) is 18.3. The minimum atomic E-state index is 0.527. The van der Waals surface area contributed by atoms with Crippen LogP contribution in [-0.4, -0.2) is 41.3 Å². The molecule has 0 saturated carbocycles. The number of aryl methyl sites for hydroxylation is 1. The summed E-state index contributed by atoms with van der Waals surface area (Å²) in [4.78, 5) is 2.32. The molecule has 3 aliphatic rings. The molecule has 8 heteroatoms. The van der Waals surface area contributed by atoms with Gasteiger partial charge in [0.05, 0.1) is 17.1 Å². The molecule has 0 bridgehead atoms. The van der Waals surface area contributed by atoms with Gasteiger partial charge in [-0.15, -0.1) is 5.10 Å². The number of halogens is 2. The maximum Gasteiger partial charge on any atom is 0.112 e. The third kappa shape index (κ3) is 4.09. The first-order valence-corrected chi connectivity index (χ1v) is 11.3. The lowest BCUT2D eigenvalue weighted by molar-refractivity contribution is 0.454. The summed E-state index contributed by atoms with van der Waals surface area (Å²) in [5.74, 6) is 0.527. The number of fused-ring (bicyclic) bond motifs is 1. The Morgan fingerprint density at radius 2 is 1.93 bits per heavy atom. The zero-order valence-electron chi connectivity index (χ0n) is 16.7. The van der Waals surface area contributed by atoms with Crippen molar-refractivity contribution in [3.63, 3.8) is 0 Å². The summed E-state index contributed by atoms with van der Waals surface area (Å²) in [5, 5.41) is 22.8. The molecular weight excluding hydrogens is 419 g/mol. The third-order valence-electron chi connectivity index (χ3n) is 6.15. The maximum atomic E-state index is 6.42. The van der Waals surface area contributed by atoms with E-state index in [9.17, 15) is 0 Å². The Hall–Kier alpha value is -2.02. The van der Waals surface area contributed by atoms with Gasteiger partial charge in [0.1, 0.15) is 5.69 Å². The number of anilines is 1. The number of nitrogens with one attached hydrogen (secondary N) is 1. The van der Waals surface area contributed by atoms with Crippen LogP contribution in [0.5, 0.6) is 0 Å². The molecular formula is C22H24Cl2N6. The van der Waals surface area contributed by atoms with Crippen LogP contribution in [0.25, 0.3) is 0 Å².